The summed E-state index contributed by atoms with van der Waals surface area (Å²) in [4.78, 5) is 40.3. The molecule has 0 fully saturated rings. The summed E-state index contributed by atoms with van der Waals surface area (Å²) in [6, 6.07) is 5.11. The molecule has 0 aliphatic carbocycles. The third kappa shape index (κ3) is 2.52. The number of nitrogens with one attached hydrogen (secondary N) is 1. The van der Waals surface area contributed by atoms with Gasteiger partial charge in [0.25, 0.3) is 5.91 Å². The molecule has 1 aliphatic heterocycles. The molecule has 1 atom stereocenters. The van der Waals surface area contributed by atoms with Gasteiger partial charge in [-0.25, -0.2) is 9.79 Å². The summed E-state index contributed by atoms with van der Waals surface area (Å²) in [6.07, 6.45) is 0.207. The van der Waals surface area contributed by atoms with E-state index in [-0.39, 0.29) is 18.0 Å². The molecule has 2 rings (SSSR count). The van der Waals surface area contributed by atoms with Crippen LogP contribution in [0.25, 0.3) is 0 Å². The summed E-state index contributed by atoms with van der Waals surface area (Å²) >= 11 is 0. The van der Waals surface area contributed by atoms with Crippen LogP contribution in [0, 0.1) is 6.92 Å². The number of aryl methyl sites for hydroxylation is 1. The molecular weight excluding hydrogens is 284 g/mol. The Morgan fingerprint density at radius 2 is 2.05 bits per heavy atom. The van der Waals surface area contributed by atoms with Gasteiger partial charge in [-0.2, -0.15) is 0 Å². The van der Waals surface area contributed by atoms with Crippen LogP contribution in [0.2, 0.25) is 0 Å². The Morgan fingerprint density at radius 3 is 2.64 bits per heavy atom. The van der Waals surface area contributed by atoms with Gasteiger partial charge in [0.15, 0.2) is 11.3 Å². The molecular formula is C16H18N2O4. The molecule has 6 nitrogen and oxygen atoms in total. The first-order valence-corrected chi connectivity index (χ1v) is 6.97. The lowest BCUT2D eigenvalue weighted by atomic mass is 9.95. The Kier molecular flexibility index (Phi) is 4.12. The number of esters is 1. The number of methoxy groups -OCH3 is 1. The summed E-state index contributed by atoms with van der Waals surface area (Å²) in [6.45, 7) is 5.02. The van der Waals surface area contributed by atoms with Crippen LogP contribution >= 0.6 is 0 Å². The highest BCUT2D eigenvalue weighted by molar-refractivity contribution is 6.25. The third-order valence-corrected chi connectivity index (χ3v) is 3.71. The minimum absolute atomic E-state index is 0.207. The Bertz CT molecular complexity index is 693. The van der Waals surface area contributed by atoms with Crippen LogP contribution in [-0.2, 0) is 14.3 Å². The van der Waals surface area contributed by atoms with E-state index in [2.05, 4.69) is 10.3 Å². The first-order chi connectivity index (χ1) is 10.3. The van der Waals surface area contributed by atoms with Crippen LogP contribution in [0.4, 0.5) is 0 Å². The topological polar surface area (TPSA) is 84.8 Å². The van der Waals surface area contributed by atoms with Gasteiger partial charge in [-0.1, -0.05) is 18.6 Å². The van der Waals surface area contributed by atoms with E-state index in [0.29, 0.717) is 11.1 Å². The molecule has 0 saturated carbocycles. The average molecular weight is 302 g/mol. The lowest BCUT2D eigenvalue weighted by molar-refractivity contribution is -0.133. The zero-order chi connectivity index (χ0) is 16.5. The molecule has 1 aromatic rings. The number of rotatable bonds is 4. The number of nitrogens with zero attached hydrogens (tertiary/aromatic N) is 1. The van der Waals surface area contributed by atoms with Gasteiger partial charge >= 0.3 is 5.97 Å². The predicted molar refractivity (Wildman–Crippen MR) is 80.9 cm³/mol. The second kappa shape index (κ2) is 5.71. The van der Waals surface area contributed by atoms with Crippen LogP contribution in [0.3, 0.4) is 0 Å². The number of Topliss-reactive ketones (excluding diaryl/α,β-unsaturated/α-hetero) is 1. The van der Waals surface area contributed by atoms with Gasteiger partial charge in [0.2, 0.25) is 0 Å². The third-order valence-electron chi connectivity index (χ3n) is 3.71. The molecule has 0 saturated heterocycles. The number of amidine groups is 1. The summed E-state index contributed by atoms with van der Waals surface area (Å²) < 4.78 is 4.75. The number of carbonyl (C=O) groups excluding carboxylic acids is 3. The lowest BCUT2D eigenvalue weighted by Gasteiger charge is -2.14. The predicted octanol–water partition coefficient (Wildman–Crippen LogP) is 1.40. The largest absolute Gasteiger partial charge is 0.465 e. The fourth-order valence-electron chi connectivity index (χ4n) is 2.33. The summed E-state index contributed by atoms with van der Waals surface area (Å²) in [5.41, 5.74) is 0.199. The van der Waals surface area contributed by atoms with Crippen molar-refractivity contribution in [2.75, 3.05) is 7.11 Å². The maximum atomic E-state index is 12.2. The van der Waals surface area contributed by atoms with Gasteiger partial charge in [0.05, 0.1) is 12.7 Å². The maximum Gasteiger partial charge on any atom is 0.338 e. The van der Waals surface area contributed by atoms with Gasteiger partial charge in [-0.05, 0) is 26.0 Å². The van der Waals surface area contributed by atoms with Crippen molar-refractivity contribution in [2.45, 2.75) is 32.7 Å². The van der Waals surface area contributed by atoms with E-state index in [0.717, 1.165) is 5.56 Å². The van der Waals surface area contributed by atoms with Gasteiger partial charge in [-0.3, -0.25) is 9.59 Å². The molecule has 0 spiro atoms. The minimum Gasteiger partial charge on any atom is -0.465 e. The number of benzene rings is 1. The Balaban J connectivity index is 2.56. The summed E-state index contributed by atoms with van der Waals surface area (Å²) in [7, 11) is 1.28. The molecule has 0 bridgehead atoms. The van der Waals surface area contributed by atoms with Gasteiger partial charge in [0.1, 0.15) is 5.84 Å². The number of aliphatic imine (C=N–C) groups is 1. The molecule has 0 radical (unpaired) electrons. The van der Waals surface area contributed by atoms with Crippen molar-refractivity contribution in [3.05, 3.63) is 34.9 Å². The van der Waals surface area contributed by atoms with E-state index >= 15 is 0 Å². The SMILES string of the molecule is CCC(=O)C1(C)N=C(c2cc(C)ccc2C(=O)OC)NC1=O. The van der Waals surface area contributed by atoms with E-state index in [4.69, 9.17) is 4.74 Å². The van der Waals surface area contributed by atoms with E-state index in [1.54, 1.807) is 25.1 Å². The molecule has 116 valence electrons. The Labute approximate surface area is 128 Å². The second-order valence-electron chi connectivity index (χ2n) is 5.30. The molecule has 1 aliphatic rings. The standard InChI is InChI=1S/C16H18N2O4/c1-5-12(19)16(3)15(21)17-13(18-16)11-8-9(2)6-7-10(11)14(20)22-4/h6-8H,5H2,1-4H3,(H,17,18,21). The molecule has 1 aromatic carbocycles. The summed E-state index contributed by atoms with van der Waals surface area (Å²) in [5.74, 6) is -1.06. The van der Waals surface area contributed by atoms with Crippen molar-refractivity contribution in [2.24, 2.45) is 4.99 Å². The average Bonchev–Trinajstić information content (AvgIpc) is 2.82. The van der Waals surface area contributed by atoms with Crippen LogP contribution in [0.5, 0.6) is 0 Å². The zero-order valence-electron chi connectivity index (χ0n) is 13.0. The van der Waals surface area contributed by atoms with Crippen molar-refractivity contribution in [1.82, 2.24) is 5.32 Å². The molecule has 1 unspecified atom stereocenters. The number of ether oxygens (including phenoxy) is 1. The van der Waals surface area contributed by atoms with E-state index in [9.17, 15) is 14.4 Å². The van der Waals surface area contributed by atoms with Crippen LogP contribution in [-0.4, -0.2) is 36.1 Å². The molecule has 6 heteroatoms. The monoisotopic (exact) mass is 302 g/mol. The molecule has 22 heavy (non-hydrogen) atoms. The van der Waals surface area contributed by atoms with Gasteiger partial charge in [-0.15, -0.1) is 0 Å². The van der Waals surface area contributed by atoms with Crippen LogP contribution in [0.1, 0.15) is 41.8 Å². The van der Waals surface area contributed by atoms with Crippen molar-refractivity contribution >= 4 is 23.5 Å². The van der Waals surface area contributed by atoms with Gasteiger partial charge in [0, 0.05) is 12.0 Å². The maximum absolute atomic E-state index is 12.2. The van der Waals surface area contributed by atoms with Crippen LogP contribution in [0.15, 0.2) is 23.2 Å². The second-order valence-corrected chi connectivity index (χ2v) is 5.30. The summed E-state index contributed by atoms with van der Waals surface area (Å²) in [5, 5.41) is 2.61. The van der Waals surface area contributed by atoms with E-state index in [1.165, 1.54) is 14.0 Å². The number of hydrogen-bond acceptors (Lipinski definition) is 5. The fourth-order valence-corrected chi connectivity index (χ4v) is 2.33. The lowest BCUT2D eigenvalue weighted by Crippen LogP contribution is -2.43. The fraction of sp³-hybridized carbons (Fsp3) is 0.375. The number of ketones is 1. The highest BCUT2D eigenvalue weighted by Crippen LogP contribution is 2.23. The normalized spacial score (nSPS) is 20.4. The molecule has 1 heterocycles. The smallest absolute Gasteiger partial charge is 0.338 e. The highest BCUT2D eigenvalue weighted by atomic mass is 16.5. The van der Waals surface area contributed by atoms with Gasteiger partial charge < -0.3 is 10.1 Å². The Hall–Kier alpha value is -2.50. The van der Waals surface area contributed by atoms with E-state index in [1.807, 2.05) is 6.92 Å². The molecule has 1 N–H and O–H groups in total. The molecule has 0 aromatic heterocycles. The number of carbonyl (C=O) groups is 3. The minimum atomic E-state index is -1.44. The van der Waals surface area contributed by atoms with E-state index < -0.39 is 17.4 Å². The van der Waals surface area contributed by atoms with Crippen molar-refractivity contribution in [3.8, 4) is 0 Å². The zero-order valence-corrected chi connectivity index (χ0v) is 13.0. The number of amides is 1. The Morgan fingerprint density at radius 1 is 1.36 bits per heavy atom. The van der Waals surface area contributed by atoms with Crippen molar-refractivity contribution in [3.63, 3.8) is 0 Å². The highest BCUT2D eigenvalue weighted by Gasteiger charge is 2.45. The quantitative estimate of drug-likeness (QED) is 0.673. The first-order valence-electron chi connectivity index (χ1n) is 6.97. The van der Waals surface area contributed by atoms with Crippen molar-refractivity contribution in [1.29, 1.82) is 0 Å². The number of hydrogen-bond donors (Lipinski definition) is 1. The molecule has 1 amide bonds. The first kappa shape index (κ1) is 15.9. The van der Waals surface area contributed by atoms with Crippen molar-refractivity contribution < 1.29 is 19.1 Å². The van der Waals surface area contributed by atoms with Crippen LogP contribution < -0.4 is 5.32 Å².